The zero-order valence-electron chi connectivity index (χ0n) is 10.7. The van der Waals surface area contributed by atoms with Crippen molar-refractivity contribution in [2.75, 3.05) is 38.2 Å². The number of thioether (sulfide) groups is 1. The van der Waals surface area contributed by atoms with Gasteiger partial charge in [0.2, 0.25) is 0 Å². The Hall–Kier alpha value is -0.220. The number of rotatable bonds is 7. The van der Waals surface area contributed by atoms with Crippen molar-refractivity contribution in [3.05, 3.63) is 0 Å². The first-order chi connectivity index (χ1) is 8.24. The summed E-state index contributed by atoms with van der Waals surface area (Å²) in [7, 11) is 1.49. The molecule has 1 aliphatic heterocycles. The van der Waals surface area contributed by atoms with Crippen molar-refractivity contribution in [3.63, 3.8) is 0 Å². The van der Waals surface area contributed by atoms with E-state index in [2.05, 4.69) is 4.90 Å². The van der Waals surface area contributed by atoms with Gasteiger partial charge in [-0.25, -0.2) is 0 Å². The van der Waals surface area contributed by atoms with Gasteiger partial charge in [-0.1, -0.05) is 0 Å². The van der Waals surface area contributed by atoms with E-state index in [0.717, 1.165) is 5.75 Å². The fourth-order valence-corrected chi connectivity index (χ4v) is 3.77. The Morgan fingerprint density at radius 2 is 2.06 bits per heavy atom. The molecular formula is C13H23NO2S. The zero-order chi connectivity index (χ0) is 12.1. The highest BCUT2D eigenvalue weighted by atomic mass is 32.2. The highest BCUT2D eigenvalue weighted by Crippen LogP contribution is 2.51. The van der Waals surface area contributed by atoms with E-state index < -0.39 is 0 Å². The normalized spacial score (nSPS) is 22.6. The molecule has 0 unspecified atom stereocenters. The van der Waals surface area contributed by atoms with Crippen molar-refractivity contribution in [2.24, 2.45) is 5.41 Å². The van der Waals surface area contributed by atoms with Crippen LogP contribution < -0.4 is 0 Å². The van der Waals surface area contributed by atoms with E-state index in [1.54, 1.807) is 0 Å². The Morgan fingerprint density at radius 1 is 1.35 bits per heavy atom. The maximum absolute atomic E-state index is 11.3. The van der Waals surface area contributed by atoms with Gasteiger partial charge in [0, 0.05) is 12.3 Å². The smallest absolute Gasteiger partial charge is 0.306 e. The minimum Gasteiger partial charge on any atom is -0.469 e. The van der Waals surface area contributed by atoms with Crippen LogP contribution in [0, 0.1) is 5.41 Å². The lowest BCUT2D eigenvalue weighted by atomic mass is 10.1. The van der Waals surface area contributed by atoms with E-state index in [1.165, 1.54) is 58.2 Å². The lowest BCUT2D eigenvalue weighted by molar-refractivity contribution is -0.141. The van der Waals surface area contributed by atoms with E-state index in [9.17, 15) is 4.79 Å². The molecule has 0 atom stereocenters. The molecule has 2 rings (SSSR count). The molecule has 1 saturated carbocycles. The van der Waals surface area contributed by atoms with Gasteiger partial charge in [0.25, 0.3) is 0 Å². The molecule has 2 fully saturated rings. The van der Waals surface area contributed by atoms with Crippen LogP contribution >= 0.6 is 11.8 Å². The molecule has 0 N–H and O–H groups in total. The molecule has 98 valence electrons. The lowest BCUT2D eigenvalue weighted by Crippen LogP contribution is -2.22. The second kappa shape index (κ2) is 6.10. The molecule has 0 bridgehead atoms. The van der Waals surface area contributed by atoms with Gasteiger partial charge in [0.05, 0.1) is 13.5 Å². The Bertz CT molecular complexity index is 260. The molecular weight excluding hydrogens is 234 g/mol. The summed E-state index contributed by atoms with van der Waals surface area (Å²) in [6.45, 7) is 3.79. The summed E-state index contributed by atoms with van der Waals surface area (Å²) >= 11 is 2.01. The lowest BCUT2D eigenvalue weighted by Gasteiger charge is -2.16. The van der Waals surface area contributed by atoms with Crippen LogP contribution in [0.4, 0.5) is 0 Å². The number of likely N-dealkylation sites (tertiary alicyclic amines) is 1. The molecule has 0 aromatic carbocycles. The number of ether oxygens (including phenoxy) is 1. The average Bonchev–Trinajstić information content (AvgIpc) is 2.89. The summed E-state index contributed by atoms with van der Waals surface area (Å²) in [5.74, 6) is 2.31. The third-order valence-electron chi connectivity index (χ3n) is 3.86. The monoisotopic (exact) mass is 257 g/mol. The van der Waals surface area contributed by atoms with E-state index in [0.29, 0.717) is 11.8 Å². The predicted molar refractivity (Wildman–Crippen MR) is 71.3 cm³/mol. The Kier molecular flexibility index (Phi) is 4.74. The first-order valence-electron chi connectivity index (χ1n) is 6.61. The second-order valence-corrected chi connectivity index (χ2v) is 6.46. The molecule has 4 heteroatoms. The van der Waals surface area contributed by atoms with Crippen molar-refractivity contribution in [3.8, 4) is 0 Å². The van der Waals surface area contributed by atoms with Crippen LogP contribution in [0.1, 0.15) is 32.1 Å². The van der Waals surface area contributed by atoms with Gasteiger partial charge in [-0.05, 0) is 49.9 Å². The number of hydrogen-bond donors (Lipinski definition) is 0. The minimum atomic E-state index is -0.0392. The molecule has 0 aromatic heterocycles. The van der Waals surface area contributed by atoms with E-state index in [-0.39, 0.29) is 5.97 Å². The number of carbonyl (C=O) groups excluding carboxylic acids is 1. The zero-order valence-corrected chi connectivity index (χ0v) is 11.6. The summed E-state index contributed by atoms with van der Waals surface area (Å²) in [6.07, 6.45) is 5.78. The number of hydrogen-bond acceptors (Lipinski definition) is 4. The van der Waals surface area contributed by atoms with Gasteiger partial charge >= 0.3 is 5.97 Å². The fourth-order valence-electron chi connectivity index (χ4n) is 2.42. The van der Waals surface area contributed by atoms with Crippen molar-refractivity contribution in [1.82, 2.24) is 4.90 Å². The summed E-state index contributed by atoms with van der Waals surface area (Å²) in [4.78, 5) is 13.8. The van der Waals surface area contributed by atoms with Crippen LogP contribution in [0.25, 0.3) is 0 Å². The summed E-state index contributed by atoms with van der Waals surface area (Å²) in [6, 6.07) is 0. The number of nitrogens with zero attached hydrogens (tertiary/aromatic N) is 1. The van der Waals surface area contributed by atoms with Gasteiger partial charge in [-0.15, -0.1) is 0 Å². The molecule has 0 radical (unpaired) electrons. The maximum atomic E-state index is 11.3. The van der Waals surface area contributed by atoms with Crippen LogP contribution in [-0.4, -0.2) is 49.1 Å². The fraction of sp³-hybridized carbons (Fsp3) is 0.923. The molecule has 0 amide bonds. The van der Waals surface area contributed by atoms with Crippen LogP contribution in [0.2, 0.25) is 0 Å². The highest BCUT2D eigenvalue weighted by Gasteiger charge is 2.44. The molecule has 3 nitrogen and oxygen atoms in total. The number of methoxy groups -OCH3 is 1. The van der Waals surface area contributed by atoms with Crippen molar-refractivity contribution in [1.29, 1.82) is 0 Å². The van der Waals surface area contributed by atoms with Crippen LogP contribution in [0.3, 0.4) is 0 Å². The maximum Gasteiger partial charge on any atom is 0.306 e. The molecule has 2 aliphatic rings. The summed E-state index contributed by atoms with van der Waals surface area (Å²) in [5, 5.41) is 0. The first-order valence-corrected chi connectivity index (χ1v) is 7.76. The Morgan fingerprint density at radius 3 is 2.65 bits per heavy atom. The van der Waals surface area contributed by atoms with Crippen LogP contribution in [-0.2, 0) is 9.53 Å². The van der Waals surface area contributed by atoms with E-state index >= 15 is 0 Å². The van der Waals surface area contributed by atoms with Crippen molar-refractivity contribution < 1.29 is 9.53 Å². The predicted octanol–water partition coefficient (Wildman–Crippen LogP) is 2.16. The molecule has 0 aromatic rings. The molecule has 1 aliphatic carbocycles. The van der Waals surface area contributed by atoms with Crippen molar-refractivity contribution in [2.45, 2.75) is 32.1 Å². The van der Waals surface area contributed by atoms with Gasteiger partial charge in [-0.2, -0.15) is 11.8 Å². The molecule has 1 saturated heterocycles. The van der Waals surface area contributed by atoms with E-state index in [4.69, 9.17) is 4.74 Å². The first kappa shape index (κ1) is 13.2. The molecule has 0 spiro atoms. The average molecular weight is 257 g/mol. The highest BCUT2D eigenvalue weighted by molar-refractivity contribution is 7.99. The summed E-state index contributed by atoms with van der Waals surface area (Å²) in [5.41, 5.74) is 0.294. The Balaban J connectivity index is 1.56. The molecule has 1 heterocycles. The van der Waals surface area contributed by atoms with Crippen LogP contribution in [0.15, 0.2) is 0 Å². The topological polar surface area (TPSA) is 29.5 Å². The van der Waals surface area contributed by atoms with Crippen molar-refractivity contribution >= 4 is 17.7 Å². The summed E-state index contributed by atoms with van der Waals surface area (Å²) < 4.78 is 4.76. The quantitative estimate of drug-likeness (QED) is 0.516. The third kappa shape index (κ3) is 4.18. The SMILES string of the molecule is COC(=O)CC1(CSCCN2CCCC2)CC1. The van der Waals surface area contributed by atoms with E-state index in [1.807, 2.05) is 11.8 Å². The van der Waals surface area contributed by atoms with Gasteiger partial charge in [0.1, 0.15) is 0 Å². The third-order valence-corrected chi connectivity index (χ3v) is 5.15. The number of carbonyl (C=O) groups is 1. The van der Waals surface area contributed by atoms with Gasteiger partial charge < -0.3 is 9.64 Å². The standard InChI is InChI=1S/C13H23NO2S/c1-16-12(15)10-13(4-5-13)11-17-9-8-14-6-2-3-7-14/h2-11H2,1H3. The van der Waals surface area contributed by atoms with Gasteiger partial charge in [-0.3, -0.25) is 4.79 Å². The van der Waals surface area contributed by atoms with Crippen LogP contribution in [0.5, 0.6) is 0 Å². The second-order valence-electron chi connectivity index (χ2n) is 5.35. The molecule has 17 heavy (non-hydrogen) atoms. The van der Waals surface area contributed by atoms with Gasteiger partial charge in [0.15, 0.2) is 0 Å². The largest absolute Gasteiger partial charge is 0.469 e. The number of esters is 1. The Labute approximate surface area is 108 Å². The minimum absolute atomic E-state index is 0.0392.